The minimum Gasteiger partial charge on any atom is -0.482 e. The second kappa shape index (κ2) is 6.72. The maximum absolute atomic E-state index is 13.2. The van der Waals surface area contributed by atoms with Gasteiger partial charge in [0.2, 0.25) is 5.89 Å². The molecule has 0 radical (unpaired) electrons. The number of carboxylic acids is 1. The Bertz CT molecular complexity index is 935. The van der Waals surface area contributed by atoms with Gasteiger partial charge in [0.25, 0.3) is 0 Å². The first kappa shape index (κ1) is 16.0. The van der Waals surface area contributed by atoms with Crippen LogP contribution in [-0.2, 0) is 4.79 Å². The Balaban J connectivity index is 1.86. The molecule has 1 heterocycles. The third kappa shape index (κ3) is 3.72. The zero-order valence-corrected chi connectivity index (χ0v) is 13.0. The summed E-state index contributed by atoms with van der Waals surface area (Å²) >= 11 is 6.21. The molecule has 24 heavy (non-hydrogen) atoms. The van der Waals surface area contributed by atoms with Gasteiger partial charge in [-0.15, -0.1) is 0 Å². The Kier molecular flexibility index (Phi) is 4.48. The Labute approximate surface area is 140 Å². The van der Waals surface area contributed by atoms with Gasteiger partial charge >= 0.3 is 5.97 Å². The Morgan fingerprint density at radius 1 is 1.33 bits per heavy atom. The van der Waals surface area contributed by atoms with Crippen molar-refractivity contribution in [3.63, 3.8) is 0 Å². The molecule has 5 nitrogen and oxygen atoms in total. The van der Waals surface area contributed by atoms with Crippen LogP contribution in [-0.4, -0.2) is 22.7 Å². The molecule has 0 spiro atoms. The smallest absolute Gasteiger partial charge is 0.341 e. The summed E-state index contributed by atoms with van der Waals surface area (Å²) in [6.45, 7) is -0.433. The van der Waals surface area contributed by atoms with Gasteiger partial charge in [-0.1, -0.05) is 23.7 Å². The van der Waals surface area contributed by atoms with Crippen molar-refractivity contribution in [3.8, 4) is 5.75 Å². The number of carbonyl (C=O) groups is 1. The maximum atomic E-state index is 13.2. The summed E-state index contributed by atoms with van der Waals surface area (Å²) in [5.74, 6) is -0.914. The molecule has 0 aliphatic carbocycles. The van der Waals surface area contributed by atoms with Crippen LogP contribution in [0.3, 0.4) is 0 Å². The summed E-state index contributed by atoms with van der Waals surface area (Å²) in [7, 11) is 0. The number of nitrogens with zero attached hydrogens (tertiary/aromatic N) is 1. The van der Waals surface area contributed by atoms with Gasteiger partial charge in [0.15, 0.2) is 12.2 Å². The van der Waals surface area contributed by atoms with Crippen molar-refractivity contribution >= 4 is 39.8 Å². The van der Waals surface area contributed by atoms with Crippen LogP contribution in [0, 0.1) is 5.82 Å². The third-order valence-electron chi connectivity index (χ3n) is 3.07. The van der Waals surface area contributed by atoms with Crippen molar-refractivity contribution in [2.24, 2.45) is 0 Å². The standard InChI is InChI=1S/C17H11ClFNO4/c18-13(17-20-14-8-11(19)4-5-15(14)24-17)7-10-2-1-3-12(6-10)23-9-16(21)22/h1-8H,9H2,(H,21,22). The van der Waals surface area contributed by atoms with E-state index in [1.807, 2.05) is 0 Å². The predicted octanol–water partition coefficient (Wildman–Crippen LogP) is 4.17. The van der Waals surface area contributed by atoms with E-state index in [0.29, 0.717) is 22.4 Å². The number of fused-ring (bicyclic) bond motifs is 1. The zero-order chi connectivity index (χ0) is 17.1. The summed E-state index contributed by atoms with van der Waals surface area (Å²) in [5.41, 5.74) is 1.47. The van der Waals surface area contributed by atoms with Crippen LogP contribution in [0.2, 0.25) is 0 Å². The molecule has 2 aromatic carbocycles. The van der Waals surface area contributed by atoms with Gasteiger partial charge in [-0.3, -0.25) is 0 Å². The Morgan fingerprint density at radius 2 is 2.17 bits per heavy atom. The van der Waals surface area contributed by atoms with Gasteiger partial charge in [-0.05, 0) is 35.9 Å². The van der Waals surface area contributed by atoms with Crippen LogP contribution in [0.4, 0.5) is 4.39 Å². The Morgan fingerprint density at radius 3 is 2.96 bits per heavy atom. The lowest BCUT2D eigenvalue weighted by Gasteiger charge is -2.03. The van der Waals surface area contributed by atoms with E-state index in [2.05, 4.69) is 4.98 Å². The van der Waals surface area contributed by atoms with E-state index >= 15 is 0 Å². The molecule has 1 N–H and O–H groups in total. The number of hydrogen-bond donors (Lipinski definition) is 1. The predicted molar refractivity (Wildman–Crippen MR) is 87.3 cm³/mol. The highest BCUT2D eigenvalue weighted by Gasteiger charge is 2.10. The SMILES string of the molecule is O=C(O)COc1cccc(C=C(Cl)c2nc3cc(F)ccc3o2)c1. The molecule has 0 aliphatic heterocycles. The fourth-order valence-corrected chi connectivity index (χ4v) is 2.26. The largest absolute Gasteiger partial charge is 0.482 e. The average Bonchev–Trinajstić information content (AvgIpc) is 2.96. The molecule has 122 valence electrons. The van der Waals surface area contributed by atoms with E-state index in [1.165, 1.54) is 18.2 Å². The number of aliphatic carboxylic acids is 1. The van der Waals surface area contributed by atoms with Gasteiger partial charge in [-0.2, -0.15) is 0 Å². The van der Waals surface area contributed by atoms with Gasteiger partial charge < -0.3 is 14.3 Å². The summed E-state index contributed by atoms with van der Waals surface area (Å²) in [5, 5.41) is 8.85. The molecule has 3 rings (SSSR count). The quantitative estimate of drug-likeness (QED) is 0.750. The highest BCUT2D eigenvalue weighted by atomic mass is 35.5. The number of oxazole rings is 1. The topological polar surface area (TPSA) is 72.6 Å². The Hall–Kier alpha value is -2.86. The van der Waals surface area contributed by atoms with Crippen molar-refractivity contribution in [3.05, 3.63) is 59.7 Å². The molecule has 0 bridgehead atoms. The normalized spacial score (nSPS) is 11.7. The van der Waals surface area contributed by atoms with Crippen molar-refractivity contribution in [1.82, 2.24) is 4.98 Å². The molecule has 0 amide bonds. The summed E-state index contributed by atoms with van der Waals surface area (Å²) < 4.78 is 23.8. The molecule has 0 atom stereocenters. The minimum atomic E-state index is -1.06. The fraction of sp³-hybridized carbons (Fsp3) is 0.0588. The molecule has 1 aromatic heterocycles. The molecule has 0 saturated carbocycles. The number of aromatic nitrogens is 1. The molecule has 3 aromatic rings. The van der Waals surface area contributed by atoms with Crippen LogP contribution >= 0.6 is 11.6 Å². The molecule has 0 aliphatic rings. The first-order valence-electron chi connectivity index (χ1n) is 6.89. The van der Waals surface area contributed by atoms with E-state index in [0.717, 1.165) is 0 Å². The number of benzene rings is 2. The van der Waals surface area contributed by atoms with Crippen molar-refractivity contribution < 1.29 is 23.4 Å². The summed E-state index contributed by atoms with van der Waals surface area (Å²) in [4.78, 5) is 14.7. The lowest BCUT2D eigenvalue weighted by Crippen LogP contribution is -2.09. The minimum absolute atomic E-state index is 0.161. The van der Waals surface area contributed by atoms with Gasteiger partial charge in [0, 0.05) is 6.07 Å². The van der Waals surface area contributed by atoms with E-state index in [-0.39, 0.29) is 10.9 Å². The zero-order valence-electron chi connectivity index (χ0n) is 12.2. The molecule has 0 unspecified atom stereocenters. The highest BCUT2D eigenvalue weighted by molar-refractivity contribution is 6.50. The van der Waals surface area contributed by atoms with E-state index in [4.69, 9.17) is 25.9 Å². The second-order valence-corrected chi connectivity index (χ2v) is 5.29. The second-order valence-electron chi connectivity index (χ2n) is 4.88. The van der Waals surface area contributed by atoms with Crippen molar-refractivity contribution in [2.45, 2.75) is 0 Å². The number of carboxylic acid groups (broad SMARTS) is 1. The highest BCUT2D eigenvalue weighted by Crippen LogP contribution is 2.27. The van der Waals surface area contributed by atoms with Crippen LogP contribution in [0.25, 0.3) is 22.2 Å². The van der Waals surface area contributed by atoms with Gasteiger partial charge in [-0.25, -0.2) is 14.2 Å². The first-order chi connectivity index (χ1) is 11.5. The summed E-state index contributed by atoms with van der Waals surface area (Å²) in [6.07, 6.45) is 1.59. The molecule has 0 fully saturated rings. The fourth-order valence-electron chi connectivity index (χ4n) is 2.05. The van der Waals surface area contributed by atoms with Crippen LogP contribution in [0.5, 0.6) is 5.75 Å². The van der Waals surface area contributed by atoms with Crippen LogP contribution in [0.15, 0.2) is 46.9 Å². The monoisotopic (exact) mass is 347 g/mol. The van der Waals surface area contributed by atoms with Gasteiger partial charge in [0.1, 0.15) is 22.1 Å². The van der Waals surface area contributed by atoms with E-state index < -0.39 is 18.4 Å². The lowest BCUT2D eigenvalue weighted by molar-refractivity contribution is -0.139. The van der Waals surface area contributed by atoms with Crippen LogP contribution < -0.4 is 4.74 Å². The van der Waals surface area contributed by atoms with Crippen LogP contribution in [0.1, 0.15) is 11.5 Å². The van der Waals surface area contributed by atoms with E-state index in [1.54, 1.807) is 30.3 Å². The van der Waals surface area contributed by atoms with Crippen molar-refractivity contribution in [1.29, 1.82) is 0 Å². The molecular weight excluding hydrogens is 337 g/mol. The first-order valence-corrected chi connectivity index (χ1v) is 7.27. The third-order valence-corrected chi connectivity index (χ3v) is 3.34. The molecule has 7 heteroatoms. The van der Waals surface area contributed by atoms with Gasteiger partial charge in [0.05, 0.1) is 0 Å². The van der Waals surface area contributed by atoms with E-state index in [9.17, 15) is 9.18 Å². The lowest BCUT2D eigenvalue weighted by atomic mass is 10.2. The maximum Gasteiger partial charge on any atom is 0.341 e. The molecular formula is C17H11ClFNO4. The number of hydrogen-bond acceptors (Lipinski definition) is 4. The number of ether oxygens (including phenoxy) is 1. The number of halogens is 2. The number of rotatable bonds is 5. The molecule has 0 saturated heterocycles. The summed E-state index contributed by atoms with van der Waals surface area (Å²) in [6, 6.07) is 10.7. The van der Waals surface area contributed by atoms with Crippen molar-refractivity contribution in [2.75, 3.05) is 6.61 Å². The average molecular weight is 348 g/mol.